The third-order valence-corrected chi connectivity index (χ3v) is 3.87. The fourth-order valence-corrected chi connectivity index (χ4v) is 2.61. The maximum Gasteiger partial charge on any atom is 0.280 e. The molecule has 1 aromatic heterocycles. The van der Waals surface area contributed by atoms with Crippen molar-refractivity contribution in [3.05, 3.63) is 65.5 Å². The first-order valence-electron chi connectivity index (χ1n) is 7.78. The molecule has 6 heteroatoms. The molecule has 1 aromatic carbocycles. The molecule has 2 heterocycles. The highest BCUT2D eigenvalue weighted by atomic mass is 16.2. The summed E-state index contributed by atoms with van der Waals surface area (Å²) in [5, 5.41) is 2.74. The van der Waals surface area contributed by atoms with Crippen molar-refractivity contribution in [3.8, 4) is 0 Å². The number of nitrogens with zero attached hydrogens (tertiary/aromatic N) is 2. The Morgan fingerprint density at radius 1 is 1.04 bits per heavy atom. The number of benzene rings is 1. The molecule has 0 bridgehead atoms. The molecule has 2 aromatic rings. The summed E-state index contributed by atoms with van der Waals surface area (Å²) < 4.78 is 0. The highest BCUT2D eigenvalue weighted by Gasteiger charge is 2.36. The minimum absolute atomic E-state index is 0.103. The van der Waals surface area contributed by atoms with Gasteiger partial charge in [-0.2, -0.15) is 0 Å². The monoisotopic (exact) mass is 323 g/mol. The van der Waals surface area contributed by atoms with Gasteiger partial charge in [-0.05, 0) is 24.1 Å². The molecular formula is C18H17N3O3. The molecule has 0 saturated carbocycles. The molecule has 1 aliphatic heterocycles. The SMILES string of the molecule is O=C(CCc1ccccc1)NCCN1C(=O)c2cccnc2C1=O. The van der Waals surface area contributed by atoms with Crippen molar-refractivity contribution in [2.45, 2.75) is 12.8 Å². The number of rotatable bonds is 6. The summed E-state index contributed by atoms with van der Waals surface area (Å²) in [4.78, 5) is 41.2. The zero-order valence-corrected chi connectivity index (χ0v) is 13.1. The van der Waals surface area contributed by atoms with Gasteiger partial charge in [0.25, 0.3) is 11.8 Å². The van der Waals surface area contributed by atoms with Crippen LogP contribution in [-0.2, 0) is 11.2 Å². The van der Waals surface area contributed by atoms with Crippen LogP contribution in [0.25, 0.3) is 0 Å². The zero-order chi connectivity index (χ0) is 16.9. The molecule has 0 unspecified atom stereocenters. The summed E-state index contributed by atoms with van der Waals surface area (Å²) in [5.74, 6) is -0.871. The second-order valence-electron chi connectivity index (χ2n) is 5.50. The molecular weight excluding hydrogens is 306 g/mol. The molecule has 122 valence electrons. The highest BCUT2D eigenvalue weighted by Crippen LogP contribution is 2.19. The highest BCUT2D eigenvalue weighted by molar-refractivity contribution is 6.20. The number of hydrogen-bond acceptors (Lipinski definition) is 4. The Morgan fingerprint density at radius 3 is 2.58 bits per heavy atom. The van der Waals surface area contributed by atoms with Gasteiger partial charge in [-0.1, -0.05) is 30.3 Å². The smallest absolute Gasteiger partial charge is 0.280 e. The fourth-order valence-electron chi connectivity index (χ4n) is 2.61. The van der Waals surface area contributed by atoms with Crippen molar-refractivity contribution in [3.63, 3.8) is 0 Å². The maximum absolute atomic E-state index is 12.1. The van der Waals surface area contributed by atoms with E-state index in [4.69, 9.17) is 0 Å². The van der Waals surface area contributed by atoms with Crippen LogP contribution < -0.4 is 5.32 Å². The third-order valence-electron chi connectivity index (χ3n) is 3.87. The van der Waals surface area contributed by atoms with E-state index in [1.54, 1.807) is 12.1 Å². The van der Waals surface area contributed by atoms with Gasteiger partial charge in [-0.3, -0.25) is 24.3 Å². The van der Waals surface area contributed by atoms with Gasteiger partial charge in [-0.25, -0.2) is 0 Å². The summed E-state index contributed by atoms with van der Waals surface area (Å²) in [6, 6.07) is 12.9. The van der Waals surface area contributed by atoms with Gasteiger partial charge in [0.1, 0.15) is 5.69 Å². The van der Waals surface area contributed by atoms with Crippen LogP contribution in [0.4, 0.5) is 0 Å². The van der Waals surface area contributed by atoms with E-state index < -0.39 is 5.91 Å². The molecule has 1 N–H and O–H groups in total. The van der Waals surface area contributed by atoms with Crippen LogP contribution in [0.1, 0.15) is 32.8 Å². The van der Waals surface area contributed by atoms with Crippen molar-refractivity contribution < 1.29 is 14.4 Å². The molecule has 0 saturated heterocycles. The molecule has 3 rings (SSSR count). The molecule has 0 spiro atoms. The molecule has 0 aliphatic carbocycles. The summed E-state index contributed by atoms with van der Waals surface area (Å²) in [7, 11) is 0. The number of hydrogen-bond donors (Lipinski definition) is 1. The number of carbonyl (C=O) groups is 3. The van der Waals surface area contributed by atoms with Crippen molar-refractivity contribution in [1.29, 1.82) is 0 Å². The van der Waals surface area contributed by atoms with Crippen LogP contribution >= 0.6 is 0 Å². The lowest BCUT2D eigenvalue weighted by molar-refractivity contribution is -0.121. The van der Waals surface area contributed by atoms with E-state index in [1.165, 1.54) is 6.20 Å². The maximum atomic E-state index is 12.1. The Hall–Kier alpha value is -3.02. The summed E-state index contributed by atoms with van der Waals surface area (Å²) in [6.07, 6.45) is 2.51. The van der Waals surface area contributed by atoms with Gasteiger partial charge in [0.15, 0.2) is 0 Å². The van der Waals surface area contributed by atoms with E-state index in [0.717, 1.165) is 10.5 Å². The number of pyridine rings is 1. The Labute approximate surface area is 139 Å². The lowest BCUT2D eigenvalue weighted by atomic mass is 10.1. The normalized spacial score (nSPS) is 13.1. The summed E-state index contributed by atoms with van der Waals surface area (Å²) >= 11 is 0. The van der Waals surface area contributed by atoms with Crippen molar-refractivity contribution in [2.75, 3.05) is 13.1 Å². The summed E-state index contributed by atoms with van der Waals surface area (Å²) in [5.41, 5.74) is 1.59. The number of amides is 3. The van der Waals surface area contributed by atoms with E-state index >= 15 is 0 Å². The van der Waals surface area contributed by atoms with E-state index in [1.807, 2.05) is 30.3 Å². The number of fused-ring (bicyclic) bond motifs is 1. The van der Waals surface area contributed by atoms with E-state index in [9.17, 15) is 14.4 Å². The van der Waals surface area contributed by atoms with Gasteiger partial charge >= 0.3 is 0 Å². The number of nitrogens with one attached hydrogen (secondary N) is 1. The molecule has 0 atom stereocenters. The number of aryl methyl sites for hydroxylation is 1. The number of aromatic nitrogens is 1. The molecule has 0 fully saturated rings. The Morgan fingerprint density at radius 2 is 1.83 bits per heavy atom. The Bertz CT molecular complexity index is 739. The first-order valence-corrected chi connectivity index (χ1v) is 7.78. The molecule has 3 amide bonds. The van der Waals surface area contributed by atoms with Crippen LogP contribution in [0.3, 0.4) is 0 Å². The minimum Gasteiger partial charge on any atom is -0.354 e. The van der Waals surface area contributed by atoms with Crippen LogP contribution in [0.5, 0.6) is 0 Å². The minimum atomic E-state index is -0.408. The second-order valence-corrected chi connectivity index (χ2v) is 5.50. The van der Waals surface area contributed by atoms with E-state index in [-0.39, 0.29) is 30.6 Å². The Kier molecular flexibility index (Phi) is 4.65. The predicted molar refractivity (Wildman–Crippen MR) is 87.4 cm³/mol. The molecule has 6 nitrogen and oxygen atoms in total. The number of carbonyl (C=O) groups excluding carboxylic acids is 3. The first kappa shape index (κ1) is 15.9. The van der Waals surface area contributed by atoms with Crippen LogP contribution in [0.2, 0.25) is 0 Å². The zero-order valence-electron chi connectivity index (χ0n) is 13.1. The topological polar surface area (TPSA) is 79.4 Å². The average Bonchev–Trinajstić information content (AvgIpc) is 2.86. The largest absolute Gasteiger partial charge is 0.354 e. The van der Waals surface area contributed by atoms with E-state index in [2.05, 4.69) is 10.3 Å². The molecule has 0 radical (unpaired) electrons. The van der Waals surface area contributed by atoms with Gasteiger partial charge < -0.3 is 5.32 Å². The van der Waals surface area contributed by atoms with Crippen LogP contribution in [-0.4, -0.2) is 40.7 Å². The molecule has 24 heavy (non-hydrogen) atoms. The second kappa shape index (κ2) is 7.04. The van der Waals surface area contributed by atoms with Gasteiger partial charge in [0, 0.05) is 25.7 Å². The van der Waals surface area contributed by atoms with E-state index in [0.29, 0.717) is 18.4 Å². The number of imide groups is 1. The van der Waals surface area contributed by atoms with Crippen LogP contribution in [0.15, 0.2) is 48.7 Å². The first-order chi connectivity index (χ1) is 11.7. The van der Waals surface area contributed by atoms with Gasteiger partial charge in [0.05, 0.1) is 5.56 Å². The lowest BCUT2D eigenvalue weighted by Gasteiger charge is -2.13. The standard InChI is InChI=1S/C18H17N3O3/c22-15(9-8-13-5-2-1-3-6-13)19-11-12-21-17(23)14-7-4-10-20-16(14)18(21)24/h1-7,10H,8-9,11-12H2,(H,19,22). The summed E-state index contributed by atoms with van der Waals surface area (Å²) in [6.45, 7) is 0.379. The van der Waals surface area contributed by atoms with Crippen molar-refractivity contribution >= 4 is 17.7 Å². The lowest BCUT2D eigenvalue weighted by Crippen LogP contribution is -2.38. The molecule has 1 aliphatic rings. The van der Waals surface area contributed by atoms with Crippen molar-refractivity contribution in [1.82, 2.24) is 15.2 Å². The van der Waals surface area contributed by atoms with Crippen molar-refractivity contribution in [2.24, 2.45) is 0 Å². The third kappa shape index (κ3) is 3.32. The van der Waals surface area contributed by atoms with Gasteiger partial charge in [0.2, 0.25) is 5.91 Å². The Balaban J connectivity index is 1.46. The average molecular weight is 323 g/mol. The fraction of sp³-hybridized carbons (Fsp3) is 0.222. The van der Waals surface area contributed by atoms with Gasteiger partial charge in [-0.15, -0.1) is 0 Å². The predicted octanol–water partition coefficient (Wildman–Crippen LogP) is 1.43. The quantitative estimate of drug-likeness (QED) is 0.816. The van der Waals surface area contributed by atoms with Crippen LogP contribution in [0, 0.1) is 0 Å².